The number of benzene rings is 1. The van der Waals surface area contributed by atoms with E-state index in [0.29, 0.717) is 0 Å². The summed E-state index contributed by atoms with van der Waals surface area (Å²) < 4.78 is 0. The Balaban J connectivity index is 1.65. The first-order chi connectivity index (χ1) is 14.3. The molecule has 1 atom stereocenters. The van der Waals surface area contributed by atoms with Crippen LogP contribution in [0.2, 0.25) is 0 Å². The highest BCUT2D eigenvalue weighted by Gasteiger charge is 2.37. The van der Waals surface area contributed by atoms with Crippen LogP contribution in [0.1, 0.15) is 11.3 Å². The van der Waals surface area contributed by atoms with E-state index in [1.807, 2.05) is 24.4 Å². The predicted octanol–water partition coefficient (Wildman–Crippen LogP) is 4.72. The van der Waals surface area contributed by atoms with E-state index in [4.69, 9.17) is 4.99 Å². The molecule has 3 aliphatic rings. The second-order valence-corrected chi connectivity index (χ2v) is 7.18. The second kappa shape index (κ2) is 8.14. The molecule has 2 aromatic rings. The third-order valence-electron chi connectivity index (χ3n) is 5.27. The highest BCUT2D eigenvalue weighted by molar-refractivity contribution is 6.12. The highest BCUT2D eigenvalue weighted by atomic mass is 15.2. The van der Waals surface area contributed by atoms with Crippen LogP contribution >= 0.6 is 0 Å². The predicted molar refractivity (Wildman–Crippen MR) is 117 cm³/mol. The Hall–Kier alpha value is -2.42. The maximum atomic E-state index is 5.16. The lowest BCUT2D eigenvalue weighted by molar-refractivity contribution is 0.838. The molecule has 10 radical (unpaired) electrons. The van der Waals surface area contributed by atoms with E-state index in [1.54, 1.807) is 0 Å². The summed E-state index contributed by atoms with van der Waals surface area (Å²) in [6.07, 6.45) is 20.9. The molecule has 3 heteroatoms. The summed E-state index contributed by atoms with van der Waals surface area (Å²) in [6.45, 7) is 2.14. The summed E-state index contributed by atoms with van der Waals surface area (Å²) in [7, 11) is 0. The van der Waals surface area contributed by atoms with Crippen LogP contribution in [0.4, 0.5) is 5.69 Å². The van der Waals surface area contributed by atoms with Gasteiger partial charge >= 0.3 is 0 Å². The van der Waals surface area contributed by atoms with Crippen molar-refractivity contribution in [2.45, 2.75) is 13.0 Å². The summed E-state index contributed by atoms with van der Waals surface area (Å²) >= 11 is 0. The van der Waals surface area contributed by atoms with Gasteiger partial charge in [0.15, 0.2) is 5.84 Å². The van der Waals surface area contributed by atoms with Crippen LogP contribution in [0.15, 0.2) is 65.4 Å². The molecule has 0 N–H and O–H groups in total. The zero-order valence-electron chi connectivity index (χ0n) is 16.2. The third kappa shape index (κ3) is 3.63. The topological polar surface area (TPSA) is 28.5 Å². The van der Waals surface area contributed by atoms with Gasteiger partial charge in [-0.3, -0.25) is 14.9 Å². The van der Waals surface area contributed by atoms with Gasteiger partial charge in [0.2, 0.25) is 0 Å². The quantitative estimate of drug-likeness (QED) is 0.774. The fourth-order valence-electron chi connectivity index (χ4n) is 3.83. The number of allylic oxidation sites excluding steroid dienone is 1. The van der Waals surface area contributed by atoms with Crippen LogP contribution < -0.4 is 4.90 Å². The lowest BCUT2D eigenvalue weighted by Crippen LogP contribution is -2.40. The van der Waals surface area contributed by atoms with Gasteiger partial charge < -0.3 is 0 Å². The van der Waals surface area contributed by atoms with Crippen molar-refractivity contribution in [1.82, 2.24) is 4.98 Å². The Kier molecular flexibility index (Phi) is 5.22. The van der Waals surface area contributed by atoms with E-state index in [-0.39, 0.29) is 6.04 Å². The molecule has 2 saturated carbocycles. The zero-order chi connectivity index (χ0) is 19.6. The molecule has 1 aliphatic heterocycles. The van der Waals surface area contributed by atoms with Crippen LogP contribution in [0.5, 0.6) is 0 Å². The van der Waals surface area contributed by atoms with Crippen molar-refractivity contribution in [3.8, 4) is 0 Å². The molecule has 2 heterocycles. The number of hydrogen-bond donors (Lipinski definition) is 0. The molecule has 0 bridgehead atoms. The first-order valence-electron chi connectivity index (χ1n) is 9.82. The molecule has 140 valence electrons. The van der Waals surface area contributed by atoms with Gasteiger partial charge in [0.1, 0.15) is 5.69 Å². The minimum Gasteiger partial charge on any atom is -0.297 e. The molecular weight excluding hydrogens is 354 g/mol. The summed E-state index contributed by atoms with van der Waals surface area (Å²) in [5.74, 6) is 3.23. The van der Waals surface area contributed by atoms with Crippen molar-refractivity contribution in [3.63, 3.8) is 0 Å². The Bertz CT molecular complexity index is 903. The summed E-state index contributed by atoms with van der Waals surface area (Å²) in [4.78, 5) is 12.0. The average Bonchev–Trinajstić information content (AvgIpc) is 3.48. The average molecular weight is 375 g/mol. The molecular formula is C26H21N3. The first-order valence-corrected chi connectivity index (χ1v) is 9.82. The van der Waals surface area contributed by atoms with E-state index in [9.17, 15) is 0 Å². The minimum atomic E-state index is -0.0489. The molecule has 0 spiro atoms. The van der Waals surface area contributed by atoms with E-state index >= 15 is 0 Å². The minimum absolute atomic E-state index is 0.0489. The second-order valence-electron chi connectivity index (χ2n) is 7.18. The van der Waals surface area contributed by atoms with Gasteiger partial charge in [-0.2, -0.15) is 0 Å². The Morgan fingerprint density at radius 3 is 2.28 bits per heavy atom. The largest absolute Gasteiger partial charge is 0.297 e. The Morgan fingerprint density at radius 2 is 1.55 bits per heavy atom. The number of para-hydroxylation sites is 1. The van der Waals surface area contributed by atoms with Gasteiger partial charge in [-0.25, -0.2) is 0 Å². The van der Waals surface area contributed by atoms with E-state index in [1.165, 1.54) is 17.4 Å². The maximum absolute atomic E-state index is 5.16. The molecule has 1 aromatic carbocycles. The Morgan fingerprint density at radius 1 is 0.828 bits per heavy atom. The van der Waals surface area contributed by atoms with Crippen LogP contribution in [-0.4, -0.2) is 16.9 Å². The molecule has 1 unspecified atom stereocenters. The van der Waals surface area contributed by atoms with Crippen LogP contribution in [-0.2, 0) is 0 Å². The summed E-state index contributed by atoms with van der Waals surface area (Å²) in [5.41, 5.74) is 4.31. The zero-order valence-corrected chi connectivity index (χ0v) is 16.2. The molecule has 1 aromatic heterocycles. The molecule has 0 amide bonds. The number of aromatic nitrogens is 1. The number of aryl methyl sites for hydroxylation is 1. The van der Waals surface area contributed by atoms with Gasteiger partial charge in [-0.05, 0) is 88.1 Å². The molecule has 2 aliphatic carbocycles. The maximum Gasteiger partial charge on any atom is 0.159 e. The van der Waals surface area contributed by atoms with Gasteiger partial charge in [-0.1, -0.05) is 24.3 Å². The van der Waals surface area contributed by atoms with Crippen molar-refractivity contribution in [3.05, 3.63) is 135 Å². The smallest absolute Gasteiger partial charge is 0.159 e. The van der Waals surface area contributed by atoms with Crippen molar-refractivity contribution in [2.75, 3.05) is 4.90 Å². The van der Waals surface area contributed by atoms with Crippen LogP contribution in [0, 0.1) is 70.1 Å². The molecule has 5 rings (SSSR count). The van der Waals surface area contributed by atoms with Gasteiger partial charge in [0.25, 0.3) is 0 Å². The van der Waals surface area contributed by atoms with Gasteiger partial charge in [0, 0.05) is 23.7 Å². The molecule has 3 nitrogen and oxygen atoms in total. The number of amidine groups is 1. The van der Waals surface area contributed by atoms with Gasteiger partial charge in [-0.15, -0.1) is 0 Å². The molecule has 0 saturated heterocycles. The van der Waals surface area contributed by atoms with Crippen molar-refractivity contribution >= 4 is 11.5 Å². The highest BCUT2D eigenvalue weighted by Crippen LogP contribution is 2.41. The lowest BCUT2D eigenvalue weighted by Gasteiger charge is -2.37. The standard InChI is InChI=1S/C26H21N3/c1-19-10-2-7-16-24(19)29-25(21-13-5-6-14-21)18-23(20-11-3-4-12-20)28-26(29)22-15-8-9-17-27-22/h2-18,23H,1H3. The fraction of sp³-hybridized carbons (Fsp3) is 0.0769. The lowest BCUT2D eigenvalue weighted by atomic mass is 9.91. The summed E-state index contributed by atoms with van der Waals surface area (Å²) in [5, 5.41) is 0. The van der Waals surface area contributed by atoms with Gasteiger partial charge in [0.05, 0.1) is 11.7 Å². The number of hydrogen-bond acceptors (Lipinski definition) is 3. The monoisotopic (exact) mass is 375 g/mol. The SMILES string of the molecule is Cc1ccccc1N1C([C]2[CH][CH][CH][CH]2)=CC([C]2[CH][CH][CH][CH]2)N=C1c1ccccn1. The van der Waals surface area contributed by atoms with Crippen molar-refractivity contribution in [1.29, 1.82) is 0 Å². The Labute approximate surface area is 174 Å². The number of anilines is 1. The van der Waals surface area contributed by atoms with Crippen molar-refractivity contribution < 1.29 is 0 Å². The molecule has 2 fully saturated rings. The summed E-state index contributed by atoms with van der Waals surface area (Å²) in [6, 6.07) is 14.4. The van der Waals surface area contributed by atoms with Crippen LogP contribution in [0.25, 0.3) is 0 Å². The number of pyridine rings is 1. The molecule has 29 heavy (non-hydrogen) atoms. The normalized spacial score (nSPS) is 23.3. The van der Waals surface area contributed by atoms with Crippen LogP contribution in [0.3, 0.4) is 0 Å². The van der Waals surface area contributed by atoms with E-state index in [0.717, 1.165) is 22.9 Å². The van der Waals surface area contributed by atoms with E-state index < -0.39 is 0 Å². The first kappa shape index (κ1) is 18.6. The number of aliphatic imine (C=N–C) groups is 1. The van der Waals surface area contributed by atoms with E-state index in [2.05, 4.69) is 98.5 Å². The number of nitrogens with zero attached hydrogens (tertiary/aromatic N) is 3. The van der Waals surface area contributed by atoms with Crippen molar-refractivity contribution in [2.24, 2.45) is 4.99 Å². The third-order valence-corrected chi connectivity index (χ3v) is 5.27. The fourth-order valence-corrected chi connectivity index (χ4v) is 3.83. The number of rotatable bonds is 4.